The molecule has 0 amide bonds. The number of ether oxygens (including phenoxy) is 1. The van der Waals surface area contributed by atoms with Gasteiger partial charge in [-0.1, -0.05) is 11.6 Å². The van der Waals surface area contributed by atoms with Crippen molar-refractivity contribution >= 4 is 17.3 Å². The Morgan fingerprint density at radius 3 is 3.00 bits per heavy atom. The van der Waals surface area contributed by atoms with Crippen LogP contribution in [0.1, 0.15) is 18.9 Å². The van der Waals surface area contributed by atoms with E-state index in [1.807, 2.05) is 6.07 Å². The molecule has 1 aliphatic heterocycles. The molecule has 1 saturated heterocycles. The lowest BCUT2D eigenvalue weighted by Crippen LogP contribution is -2.26. The minimum absolute atomic E-state index is 0.349. The van der Waals surface area contributed by atoms with E-state index in [-0.39, 0.29) is 0 Å². The quantitative estimate of drug-likeness (QED) is 0.897. The molecule has 2 rings (SSSR count). The highest BCUT2D eigenvalue weighted by molar-refractivity contribution is 6.32. The van der Waals surface area contributed by atoms with Crippen LogP contribution in [0.5, 0.6) is 0 Å². The van der Waals surface area contributed by atoms with Crippen molar-refractivity contribution in [2.24, 2.45) is 5.92 Å². The number of anilines is 1. The largest absolute Gasteiger partial charge is 0.382 e. The SMILES string of the molecule is C[C@H](Nc1ccc(C#N)c(Cl)c1)[C@@H]1CCOC1. The van der Waals surface area contributed by atoms with Crippen LogP contribution in [-0.2, 0) is 4.74 Å². The molecule has 0 saturated carbocycles. The Morgan fingerprint density at radius 2 is 2.41 bits per heavy atom. The lowest BCUT2D eigenvalue weighted by molar-refractivity contribution is 0.183. The molecule has 1 N–H and O–H groups in total. The number of hydrogen-bond donors (Lipinski definition) is 1. The average molecular weight is 251 g/mol. The normalized spacial score (nSPS) is 20.9. The van der Waals surface area contributed by atoms with Gasteiger partial charge in [0.15, 0.2) is 0 Å². The fraction of sp³-hybridized carbons (Fsp3) is 0.462. The van der Waals surface area contributed by atoms with Gasteiger partial charge in [0.25, 0.3) is 0 Å². The van der Waals surface area contributed by atoms with Gasteiger partial charge < -0.3 is 10.1 Å². The first-order chi connectivity index (χ1) is 8.20. The Labute approximate surface area is 106 Å². The van der Waals surface area contributed by atoms with Crippen molar-refractivity contribution < 1.29 is 4.74 Å². The summed E-state index contributed by atoms with van der Waals surface area (Å²) in [7, 11) is 0. The molecule has 1 heterocycles. The Kier molecular flexibility index (Phi) is 3.88. The summed E-state index contributed by atoms with van der Waals surface area (Å²) < 4.78 is 5.37. The highest BCUT2D eigenvalue weighted by atomic mass is 35.5. The van der Waals surface area contributed by atoms with Crippen LogP contribution in [0.2, 0.25) is 5.02 Å². The molecule has 4 heteroatoms. The van der Waals surface area contributed by atoms with Crippen LogP contribution in [-0.4, -0.2) is 19.3 Å². The second-order valence-corrected chi connectivity index (χ2v) is 4.77. The van der Waals surface area contributed by atoms with E-state index in [1.54, 1.807) is 12.1 Å². The molecule has 0 radical (unpaired) electrons. The van der Waals surface area contributed by atoms with Crippen LogP contribution in [0.3, 0.4) is 0 Å². The van der Waals surface area contributed by atoms with Crippen molar-refractivity contribution in [3.8, 4) is 6.07 Å². The molecule has 3 nitrogen and oxygen atoms in total. The van der Waals surface area contributed by atoms with Crippen LogP contribution in [0.25, 0.3) is 0 Å². The Bertz CT molecular complexity index is 436. The molecular formula is C13H15ClN2O. The van der Waals surface area contributed by atoms with Gasteiger partial charge in [-0.05, 0) is 31.5 Å². The number of nitriles is 1. The van der Waals surface area contributed by atoms with E-state index in [2.05, 4.69) is 18.3 Å². The van der Waals surface area contributed by atoms with E-state index < -0.39 is 0 Å². The molecule has 1 fully saturated rings. The standard InChI is InChI=1S/C13H15ClN2O/c1-9(11-4-5-17-8-11)16-12-3-2-10(7-15)13(14)6-12/h2-3,6,9,11,16H,4-5,8H2,1H3/t9-,11+/m0/s1. The minimum atomic E-state index is 0.349. The van der Waals surface area contributed by atoms with E-state index in [0.29, 0.717) is 22.5 Å². The Morgan fingerprint density at radius 1 is 1.59 bits per heavy atom. The molecule has 0 spiro atoms. The number of hydrogen-bond acceptors (Lipinski definition) is 3. The van der Waals surface area contributed by atoms with Gasteiger partial charge in [0, 0.05) is 24.3 Å². The van der Waals surface area contributed by atoms with Gasteiger partial charge in [-0.25, -0.2) is 0 Å². The maximum Gasteiger partial charge on any atom is 0.101 e. The molecule has 1 aromatic carbocycles. The number of halogens is 1. The van der Waals surface area contributed by atoms with Crippen molar-refractivity contribution in [3.05, 3.63) is 28.8 Å². The molecule has 17 heavy (non-hydrogen) atoms. The lowest BCUT2D eigenvalue weighted by atomic mass is 10.0. The molecule has 90 valence electrons. The van der Waals surface area contributed by atoms with Crippen molar-refractivity contribution in [3.63, 3.8) is 0 Å². The molecule has 0 unspecified atom stereocenters. The summed E-state index contributed by atoms with van der Waals surface area (Å²) in [5.74, 6) is 0.546. The zero-order valence-electron chi connectivity index (χ0n) is 9.74. The number of nitrogens with one attached hydrogen (secondary N) is 1. The summed E-state index contributed by atoms with van der Waals surface area (Å²) in [4.78, 5) is 0. The van der Waals surface area contributed by atoms with E-state index in [0.717, 1.165) is 25.3 Å². The van der Waals surface area contributed by atoms with Crippen LogP contribution in [0.4, 0.5) is 5.69 Å². The van der Waals surface area contributed by atoms with E-state index in [4.69, 9.17) is 21.6 Å². The zero-order valence-corrected chi connectivity index (χ0v) is 10.5. The van der Waals surface area contributed by atoms with Gasteiger partial charge in [0.2, 0.25) is 0 Å². The van der Waals surface area contributed by atoms with Crippen LogP contribution in [0.15, 0.2) is 18.2 Å². The first-order valence-electron chi connectivity index (χ1n) is 5.74. The first kappa shape index (κ1) is 12.2. The summed E-state index contributed by atoms with van der Waals surface area (Å²) >= 11 is 5.99. The van der Waals surface area contributed by atoms with Crippen molar-refractivity contribution in [2.75, 3.05) is 18.5 Å². The molecule has 0 aromatic heterocycles. The fourth-order valence-electron chi connectivity index (χ4n) is 2.02. The molecule has 1 aromatic rings. The number of rotatable bonds is 3. The smallest absolute Gasteiger partial charge is 0.101 e. The third kappa shape index (κ3) is 2.91. The molecule has 1 aliphatic rings. The molecule has 0 aliphatic carbocycles. The molecule has 2 atom stereocenters. The Balaban J connectivity index is 2.03. The summed E-state index contributed by atoms with van der Waals surface area (Å²) in [6.45, 7) is 3.81. The second-order valence-electron chi connectivity index (χ2n) is 4.36. The van der Waals surface area contributed by atoms with Crippen LogP contribution in [0, 0.1) is 17.2 Å². The van der Waals surface area contributed by atoms with Crippen LogP contribution >= 0.6 is 11.6 Å². The van der Waals surface area contributed by atoms with E-state index in [9.17, 15) is 0 Å². The maximum absolute atomic E-state index is 8.79. The van der Waals surface area contributed by atoms with E-state index in [1.165, 1.54) is 0 Å². The summed E-state index contributed by atoms with van der Waals surface area (Å²) in [6, 6.07) is 7.82. The van der Waals surface area contributed by atoms with Gasteiger partial charge in [-0.3, -0.25) is 0 Å². The average Bonchev–Trinajstić information content (AvgIpc) is 2.82. The second kappa shape index (κ2) is 5.39. The Hall–Kier alpha value is -1.24. The third-order valence-corrected chi connectivity index (χ3v) is 3.47. The fourth-order valence-corrected chi connectivity index (χ4v) is 2.25. The molecule has 0 bridgehead atoms. The van der Waals surface area contributed by atoms with Gasteiger partial charge in [-0.15, -0.1) is 0 Å². The highest BCUT2D eigenvalue weighted by Crippen LogP contribution is 2.24. The third-order valence-electron chi connectivity index (χ3n) is 3.16. The van der Waals surface area contributed by atoms with Gasteiger partial charge in [-0.2, -0.15) is 5.26 Å². The number of benzene rings is 1. The predicted molar refractivity (Wildman–Crippen MR) is 68.2 cm³/mol. The van der Waals surface area contributed by atoms with Gasteiger partial charge in [0.1, 0.15) is 6.07 Å². The maximum atomic E-state index is 8.79. The summed E-state index contributed by atoms with van der Waals surface area (Å²) in [5, 5.41) is 12.7. The predicted octanol–water partition coefficient (Wildman–Crippen LogP) is 3.05. The van der Waals surface area contributed by atoms with Crippen molar-refractivity contribution in [1.29, 1.82) is 5.26 Å². The minimum Gasteiger partial charge on any atom is -0.382 e. The van der Waals surface area contributed by atoms with Gasteiger partial charge in [0.05, 0.1) is 17.2 Å². The van der Waals surface area contributed by atoms with Gasteiger partial charge >= 0.3 is 0 Å². The topological polar surface area (TPSA) is 45.0 Å². The summed E-state index contributed by atoms with van der Waals surface area (Å²) in [5.41, 5.74) is 1.46. The van der Waals surface area contributed by atoms with Crippen molar-refractivity contribution in [1.82, 2.24) is 0 Å². The number of nitrogens with zero attached hydrogens (tertiary/aromatic N) is 1. The summed E-state index contributed by atoms with van der Waals surface area (Å²) in [6.07, 6.45) is 1.10. The highest BCUT2D eigenvalue weighted by Gasteiger charge is 2.22. The molecular weight excluding hydrogens is 236 g/mol. The van der Waals surface area contributed by atoms with Crippen molar-refractivity contribution in [2.45, 2.75) is 19.4 Å². The first-order valence-corrected chi connectivity index (χ1v) is 6.12. The zero-order chi connectivity index (χ0) is 12.3. The van der Waals surface area contributed by atoms with E-state index >= 15 is 0 Å². The van der Waals surface area contributed by atoms with Crippen LogP contribution < -0.4 is 5.32 Å². The monoisotopic (exact) mass is 250 g/mol. The lowest BCUT2D eigenvalue weighted by Gasteiger charge is -2.20.